The Bertz CT molecular complexity index is 588. The molecule has 0 heterocycles. The molecule has 20 heavy (non-hydrogen) atoms. The van der Waals surface area contributed by atoms with Crippen LogP contribution in [0.15, 0.2) is 42.5 Å². The highest BCUT2D eigenvalue weighted by molar-refractivity contribution is 6.30. The number of hydrogen-bond acceptors (Lipinski definition) is 2. The maximum absolute atomic E-state index is 13.6. The summed E-state index contributed by atoms with van der Waals surface area (Å²) in [5, 5.41) is 3.99. The monoisotopic (exact) mass is 293 g/mol. The minimum absolute atomic E-state index is 0.163. The van der Waals surface area contributed by atoms with Gasteiger partial charge in [0.1, 0.15) is 11.6 Å². The van der Waals surface area contributed by atoms with Crippen LogP contribution in [0.5, 0.6) is 5.75 Å². The first-order valence-electron chi connectivity index (χ1n) is 6.48. The Hall–Kier alpha value is -1.58. The molecule has 2 rings (SSSR count). The zero-order valence-corrected chi connectivity index (χ0v) is 12.2. The van der Waals surface area contributed by atoms with Crippen LogP contribution in [0.3, 0.4) is 0 Å². The summed E-state index contributed by atoms with van der Waals surface area (Å²) >= 11 is 6.05. The van der Waals surface area contributed by atoms with Crippen molar-refractivity contribution < 1.29 is 9.13 Å². The van der Waals surface area contributed by atoms with E-state index < -0.39 is 0 Å². The molecule has 0 saturated heterocycles. The smallest absolute Gasteiger partial charge is 0.124 e. The molecule has 0 aliphatic heterocycles. The van der Waals surface area contributed by atoms with Gasteiger partial charge in [0.05, 0.1) is 13.2 Å². The molecule has 1 N–H and O–H groups in total. The molecule has 0 radical (unpaired) electrons. The van der Waals surface area contributed by atoms with Gasteiger partial charge < -0.3 is 10.1 Å². The Morgan fingerprint density at radius 3 is 2.70 bits per heavy atom. The normalized spacial score (nSPS) is 12.2. The van der Waals surface area contributed by atoms with Gasteiger partial charge in [-0.1, -0.05) is 30.7 Å². The zero-order valence-electron chi connectivity index (χ0n) is 11.5. The van der Waals surface area contributed by atoms with Crippen molar-refractivity contribution in [3.63, 3.8) is 0 Å². The van der Waals surface area contributed by atoms with E-state index in [0.717, 1.165) is 17.7 Å². The summed E-state index contributed by atoms with van der Waals surface area (Å²) in [5.41, 5.74) is 1.74. The predicted molar refractivity (Wildman–Crippen MR) is 79.9 cm³/mol. The second kappa shape index (κ2) is 6.73. The van der Waals surface area contributed by atoms with Crippen molar-refractivity contribution in [2.24, 2.45) is 0 Å². The molecule has 0 saturated carbocycles. The Morgan fingerprint density at radius 2 is 2.05 bits per heavy atom. The average Bonchev–Trinajstić information content (AvgIpc) is 2.44. The van der Waals surface area contributed by atoms with Crippen molar-refractivity contribution in [3.8, 4) is 5.75 Å². The van der Waals surface area contributed by atoms with E-state index in [9.17, 15) is 4.39 Å². The number of benzene rings is 2. The summed E-state index contributed by atoms with van der Waals surface area (Å²) in [4.78, 5) is 0. The van der Waals surface area contributed by atoms with Gasteiger partial charge in [0, 0.05) is 10.6 Å². The maximum atomic E-state index is 13.6. The number of ether oxygens (including phenoxy) is 1. The molecule has 1 unspecified atom stereocenters. The molecule has 0 fully saturated rings. The number of rotatable bonds is 5. The van der Waals surface area contributed by atoms with E-state index in [1.165, 1.54) is 12.1 Å². The van der Waals surface area contributed by atoms with Gasteiger partial charge in [0.25, 0.3) is 0 Å². The van der Waals surface area contributed by atoms with E-state index in [4.69, 9.17) is 16.3 Å². The van der Waals surface area contributed by atoms with Gasteiger partial charge in [-0.25, -0.2) is 4.39 Å². The minimum atomic E-state index is -0.286. The fourth-order valence-electron chi connectivity index (χ4n) is 2.23. The van der Waals surface area contributed by atoms with Gasteiger partial charge in [-0.15, -0.1) is 0 Å². The van der Waals surface area contributed by atoms with E-state index >= 15 is 0 Å². The lowest BCUT2D eigenvalue weighted by Crippen LogP contribution is -2.22. The highest BCUT2D eigenvalue weighted by Crippen LogP contribution is 2.31. The fraction of sp³-hybridized carbons (Fsp3) is 0.250. The standard InChI is InChI=1S/C16H17ClFNO/c1-3-19-16(11-5-4-6-12(17)9-11)14-10-13(18)7-8-15(14)20-2/h4-10,16,19H,3H2,1-2H3. The zero-order chi connectivity index (χ0) is 14.5. The third-order valence-electron chi connectivity index (χ3n) is 3.09. The van der Waals surface area contributed by atoms with Crippen LogP contribution in [0, 0.1) is 5.82 Å². The van der Waals surface area contributed by atoms with Gasteiger partial charge in [0.15, 0.2) is 0 Å². The van der Waals surface area contributed by atoms with Crippen LogP contribution in [-0.2, 0) is 0 Å². The summed E-state index contributed by atoms with van der Waals surface area (Å²) in [5.74, 6) is 0.364. The largest absolute Gasteiger partial charge is 0.496 e. The van der Waals surface area contributed by atoms with E-state index in [2.05, 4.69) is 5.32 Å². The van der Waals surface area contributed by atoms with Crippen LogP contribution >= 0.6 is 11.6 Å². The molecule has 0 aromatic heterocycles. The Labute approximate surface area is 123 Å². The molecular weight excluding hydrogens is 277 g/mol. The Balaban J connectivity index is 2.50. The van der Waals surface area contributed by atoms with E-state index in [0.29, 0.717) is 10.8 Å². The lowest BCUT2D eigenvalue weighted by Gasteiger charge is -2.21. The van der Waals surface area contributed by atoms with E-state index in [1.807, 2.05) is 31.2 Å². The van der Waals surface area contributed by atoms with Crippen molar-refractivity contribution in [1.29, 1.82) is 0 Å². The highest BCUT2D eigenvalue weighted by Gasteiger charge is 2.18. The molecule has 4 heteroatoms. The van der Waals surface area contributed by atoms with E-state index in [1.54, 1.807) is 13.2 Å². The lowest BCUT2D eigenvalue weighted by atomic mass is 9.97. The second-order valence-corrected chi connectivity index (χ2v) is 4.87. The van der Waals surface area contributed by atoms with Gasteiger partial charge in [-0.05, 0) is 42.4 Å². The van der Waals surface area contributed by atoms with Gasteiger partial charge in [-0.3, -0.25) is 0 Å². The molecular formula is C16H17ClFNO. The summed E-state index contributed by atoms with van der Waals surface area (Å²) in [6.45, 7) is 2.75. The van der Waals surface area contributed by atoms with Crippen LogP contribution in [-0.4, -0.2) is 13.7 Å². The maximum Gasteiger partial charge on any atom is 0.124 e. The summed E-state index contributed by atoms with van der Waals surface area (Å²) in [6.07, 6.45) is 0. The van der Waals surface area contributed by atoms with Crippen molar-refractivity contribution in [3.05, 3.63) is 64.4 Å². The van der Waals surface area contributed by atoms with E-state index in [-0.39, 0.29) is 11.9 Å². The van der Waals surface area contributed by atoms with Crippen LogP contribution in [0.1, 0.15) is 24.1 Å². The third kappa shape index (κ3) is 3.30. The van der Waals surface area contributed by atoms with Crippen LogP contribution in [0.2, 0.25) is 5.02 Å². The molecule has 0 aliphatic rings. The molecule has 0 aliphatic carbocycles. The highest BCUT2D eigenvalue weighted by atomic mass is 35.5. The summed E-state index contributed by atoms with van der Waals surface area (Å²) in [6, 6.07) is 11.9. The molecule has 106 valence electrons. The van der Waals surface area contributed by atoms with Gasteiger partial charge in [0.2, 0.25) is 0 Å². The second-order valence-electron chi connectivity index (χ2n) is 4.43. The third-order valence-corrected chi connectivity index (χ3v) is 3.33. The van der Waals surface area contributed by atoms with Crippen LogP contribution in [0.25, 0.3) is 0 Å². The number of nitrogens with one attached hydrogen (secondary N) is 1. The first-order valence-corrected chi connectivity index (χ1v) is 6.85. The van der Waals surface area contributed by atoms with Crippen molar-refractivity contribution in [2.75, 3.05) is 13.7 Å². The molecule has 2 aromatic rings. The SMILES string of the molecule is CCNC(c1cccc(Cl)c1)c1cc(F)ccc1OC. The number of methoxy groups -OCH3 is 1. The minimum Gasteiger partial charge on any atom is -0.496 e. The van der Waals surface area contributed by atoms with Gasteiger partial charge >= 0.3 is 0 Å². The van der Waals surface area contributed by atoms with Crippen molar-refractivity contribution in [2.45, 2.75) is 13.0 Å². The molecule has 1 atom stereocenters. The summed E-state index contributed by atoms with van der Waals surface area (Å²) in [7, 11) is 1.58. The number of halogens is 2. The molecule has 0 spiro atoms. The van der Waals surface area contributed by atoms with Gasteiger partial charge in [-0.2, -0.15) is 0 Å². The van der Waals surface area contributed by atoms with Crippen molar-refractivity contribution in [1.82, 2.24) is 5.32 Å². The first kappa shape index (κ1) is 14.8. The Kier molecular flexibility index (Phi) is 4.99. The molecule has 2 nitrogen and oxygen atoms in total. The summed E-state index contributed by atoms with van der Waals surface area (Å²) < 4.78 is 18.9. The van der Waals surface area contributed by atoms with Crippen molar-refractivity contribution >= 4 is 11.6 Å². The molecule has 2 aromatic carbocycles. The lowest BCUT2D eigenvalue weighted by molar-refractivity contribution is 0.402. The molecule has 0 bridgehead atoms. The predicted octanol–water partition coefficient (Wildman–Crippen LogP) is 4.19. The Morgan fingerprint density at radius 1 is 1.25 bits per heavy atom. The topological polar surface area (TPSA) is 21.3 Å². The quantitative estimate of drug-likeness (QED) is 0.892. The first-order chi connectivity index (χ1) is 9.65. The fourth-order valence-corrected chi connectivity index (χ4v) is 2.43. The number of hydrogen-bond donors (Lipinski definition) is 1. The average molecular weight is 294 g/mol. The molecule has 0 amide bonds. The van der Waals surface area contributed by atoms with Crippen LogP contribution in [0.4, 0.5) is 4.39 Å². The van der Waals surface area contributed by atoms with Crippen LogP contribution < -0.4 is 10.1 Å².